The van der Waals surface area contributed by atoms with Crippen LogP contribution in [-0.2, 0) is 17.0 Å². The summed E-state index contributed by atoms with van der Waals surface area (Å²) in [5.41, 5.74) is 3.29. The van der Waals surface area contributed by atoms with E-state index in [4.69, 9.17) is 9.47 Å². The third-order valence-corrected chi connectivity index (χ3v) is 5.88. The average molecular weight is 476 g/mol. The summed E-state index contributed by atoms with van der Waals surface area (Å²) in [6.07, 6.45) is 2.21. The molecule has 4 rings (SSSR count). The van der Waals surface area contributed by atoms with Gasteiger partial charge < -0.3 is 19.8 Å². The Morgan fingerprint density at radius 3 is 2.87 bits per heavy atom. The summed E-state index contributed by atoms with van der Waals surface area (Å²) in [6.45, 7) is 3.73. The zero-order valence-electron chi connectivity index (χ0n) is 16.6. The van der Waals surface area contributed by atoms with Gasteiger partial charge in [0.25, 0.3) is 0 Å². The normalized spacial score (nSPS) is 19.6. The zero-order chi connectivity index (χ0) is 19.3. The van der Waals surface area contributed by atoms with Crippen LogP contribution in [0, 0.1) is 12.8 Å². The first kappa shape index (κ1) is 24.6. The molecule has 0 radical (unpaired) electrons. The van der Waals surface area contributed by atoms with Crippen molar-refractivity contribution < 1.29 is 14.3 Å². The third kappa shape index (κ3) is 6.18. The summed E-state index contributed by atoms with van der Waals surface area (Å²) in [7, 11) is 0. The fourth-order valence-electron chi connectivity index (χ4n) is 3.28. The molecule has 166 valence electrons. The highest BCUT2D eigenvalue weighted by molar-refractivity contribution is 7.98. The predicted octanol–water partition coefficient (Wildman–Crippen LogP) is 1.98. The molecule has 2 aromatic rings. The number of aryl methyl sites for hydroxylation is 1. The maximum atomic E-state index is 12.5. The molecule has 0 aliphatic carbocycles. The Balaban J connectivity index is 0.00000160. The number of ether oxygens (including phenoxy) is 2. The second kappa shape index (κ2) is 11.7. The molecule has 1 aromatic carbocycles. The molecule has 1 aromatic heterocycles. The number of aromatic amines is 1. The van der Waals surface area contributed by atoms with Gasteiger partial charge in [0.1, 0.15) is 6.29 Å². The summed E-state index contributed by atoms with van der Waals surface area (Å²) in [4.78, 5) is 19.8. The van der Waals surface area contributed by atoms with E-state index in [0.717, 1.165) is 46.5 Å². The van der Waals surface area contributed by atoms with Crippen LogP contribution >= 0.6 is 36.6 Å². The molecular formula is C19H27Cl2N5O3S. The number of fused-ring (bicyclic) bond motifs is 1. The minimum absolute atomic E-state index is 0. The number of halogens is 2. The fraction of sp³-hybridized carbons (Fsp3) is 0.474. The smallest absolute Gasteiger partial charge is 0.231 e. The van der Waals surface area contributed by atoms with Gasteiger partial charge in [-0.2, -0.15) is 11.8 Å². The molecular weight excluding hydrogens is 449 g/mol. The Hall–Kier alpha value is -1.65. The number of H-pyrrole nitrogens is 1. The number of amides is 1. The summed E-state index contributed by atoms with van der Waals surface area (Å²) in [5, 5.41) is 9.71. The van der Waals surface area contributed by atoms with Gasteiger partial charge in [-0.05, 0) is 31.0 Å². The molecule has 2 aliphatic rings. The van der Waals surface area contributed by atoms with E-state index >= 15 is 0 Å². The van der Waals surface area contributed by atoms with Gasteiger partial charge in [0.2, 0.25) is 12.7 Å². The lowest BCUT2D eigenvalue weighted by atomic mass is 9.97. The van der Waals surface area contributed by atoms with Gasteiger partial charge in [-0.25, -0.2) is 4.98 Å². The van der Waals surface area contributed by atoms with E-state index in [-0.39, 0.29) is 49.7 Å². The maximum absolute atomic E-state index is 12.5. The van der Waals surface area contributed by atoms with Crippen LogP contribution in [0.1, 0.15) is 17.0 Å². The third-order valence-electron chi connectivity index (χ3n) is 4.91. The van der Waals surface area contributed by atoms with E-state index in [1.165, 1.54) is 0 Å². The standard InChI is InChI=1S/C19H25N5O3S.2ClH/c1-12-15(23-10-22-12)9-28-5-4-20-19-21-8-14(18(25)24-19)6-13-2-3-16-17(7-13)27-11-26-16;;/h2-3,7,10,14,19-21H,4-6,8-9,11H2,1H3,(H,22,23)(H,24,25);2*1H. The number of hydrogen-bond acceptors (Lipinski definition) is 7. The first-order valence-corrected chi connectivity index (χ1v) is 10.6. The number of hydrogen-bond donors (Lipinski definition) is 4. The molecule has 1 saturated heterocycles. The minimum atomic E-state index is -0.187. The summed E-state index contributed by atoms with van der Waals surface area (Å²) >= 11 is 1.82. The van der Waals surface area contributed by atoms with Crippen LogP contribution in [0.25, 0.3) is 0 Å². The van der Waals surface area contributed by atoms with Gasteiger partial charge >= 0.3 is 0 Å². The average Bonchev–Trinajstić information content (AvgIpc) is 3.32. The second-order valence-corrected chi connectivity index (χ2v) is 8.02. The van der Waals surface area contributed by atoms with Gasteiger partial charge in [0, 0.05) is 30.3 Å². The first-order chi connectivity index (χ1) is 13.7. The molecule has 2 atom stereocenters. The van der Waals surface area contributed by atoms with Crippen molar-refractivity contribution in [3.8, 4) is 11.5 Å². The van der Waals surface area contributed by atoms with E-state index in [1.807, 2.05) is 36.9 Å². The van der Waals surface area contributed by atoms with Crippen LogP contribution < -0.4 is 25.4 Å². The van der Waals surface area contributed by atoms with E-state index in [2.05, 4.69) is 25.9 Å². The van der Waals surface area contributed by atoms with Crippen LogP contribution in [0.15, 0.2) is 24.5 Å². The predicted molar refractivity (Wildman–Crippen MR) is 122 cm³/mol. The lowest BCUT2D eigenvalue weighted by Gasteiger charge is -2.31. The molecule has 8 nitrogen and oxygen atoms in total. The van der Waals surface area contributed by atoms with Crippen molar-refractivity contribution >= 4 is 42.5 Å². The van der Waals surface area contributed by atoms with Crippen molar-refractivity contribution in [1.29, 1.82) is 0 Å². The number of nitrogens with one attached hydrogen (secondary N) is 4. The highest BCUT2D eigenvalue weighted by Gasteiger charge is 2.27. The molecule has 2 aliphatic heterocycles. The monoisotopic (exact) mass is 475 g/mol. The van der Waals surface area contributed by atoms with Crippen molar-refractivity contribution in [2.24, 2.45) is 5.92 Å². The van der Waals surface area contributed by atoms with Crippen LogP contribution in [-0.4, -0.2) is 47.8 Å². The molecule has 0 spiro atoms. The number of thioether (sulfide) groups is 1. The van der Waals surface area contributed by atoms with Crippen molar-refractivity contribution in [3.05, 3.63) is 41.5 Å². The van der Waals surface area contributed by atoms with Gasteiger partial charge in [-0.3, -0.25) is 15.4 Å². The molecule has 1 amide bonds. The number of imidazole rings is 1. The van der Waals surface area contributed by atoms with Gasteiger partial charge in [0.15, 0.2) is 11.5 Å². The lowest BCUT2D eigenvalue weighted by Crippen LogP contribution is -2.62. The number of aromatic nitrogens is 2. The number of carbonyl (C=O) groups excluding carboxylic acids is 1. The summed E-state index contributed by atoms with van der Waals surface area (Å²) in [5.74, 6) is 3.31. The Kier molecular flexibility index (Phi) is 9.57. The van der Waals surface area contributed by atoms with Gasteiger partial charge in [-0.15, -0.1) is 24.8 Å². The fourth-order valence-corrected chi connectivity index (χ4v) is 4.17. The number of carbonyl (C=O) groups is 1. The van der Waals surface area contributed by atoms with Crippen molar-refractivity contribution in [2.45, 2.75) is 25.4 Å². The molecule has 11 heteroatoms. The van der Waals surface area contributed by atoms with Gasteiger partial charge in [-0.1, -0.05) is 6.07 Å². The molecule has 0 saturated carbocycles. The van der Waals surface area contributed by atoms with Crippen LogP contribution in [0.3, 0.4) is 0 Å². The largest absolute Gasteiger partial charge is 0.454 e. The Bertz CT molecular complexity index is 838. The second-order valence-electron chi connectivity index (χ2n) is 6.92. The van der Waals surface area contributed by atoms with E-state index in [1.54, 1.807) is 6.33 Å². The van der Waals surface area contributed by atoms with Crippen molar-refractivity contribution in [3.63, 3.8) is 0 Å². The highest BCUT2D eigenvalue weighted by atomic mass is 35.5. The Morgan fingerprint density at radius 2 is 2.10 bits per heavy atom. The summed E-state index contributed by atoms with van der Waals surface area (Å²) in [6, 6.07) is 5.85. The lowest BCUT2D eigenvalue weighted by molar-refractivity contribution is -0.128. The van der Waals surface area contributed by atoms with E-state index in [0.29, 0.717) is 13.0 Å². The molecule has 4 N–H and O–H groups in total. The number of nitrogens with zero attached hydrogens (tertiary/aromatic N) is 1. The quantitative estimate of drug-likeness (QED) is 0.433. The maximum Gasteiger partial charge on any atom is 0.231 e. The van der Waals surface area contributed by atoms with Crippen molar-refractivity contribution in [1.82, 2.24) is 25.9 Å². The molecule has 3 heterocycles. The van der Waals surface area contributed by atoms with Crippen LogP contribution in [0.2, 0.25) is 0 Å². The zero-order valence-corrected chi connectivity index (χ0v) is 19.1. The van der Waals surface area contributed by atoms with Crippen LogP contribution in [0.5, 0.6) is 11.5 Å². The molecule has 2 unspecified atom stereocenters. The van der Waals surface area contributed by atoms with E-state index in [9.17, 15) is 4.79 Å². The molecule has 1 fully saturated rings. The van der Waals surface area contributed by atoms with E-state index < -0.39 is 0 Å². The Labute approximate surface area is 192 Å². The molecule has 0 bridgehead atoms. The van der Waals surface area contributed by atoms with Crippen molar-refractivity contribution in [2.75, 3.05) is 25.6 Å². The Morgan fingerprint density at radius 1 is 1.27 bits per heavy atom. The number of benzene rings is 1. The molecule has 30 heavy (non-hydrogen) atoms. The first-order valence-electron chi connectivity index (χ1n) is 9.41. The number of rotatable bonds is 8. The van der Waals surface area contributed by atoms with Gasteiger partial charge in [0.05, 0.1) is 17.9 Å². The minimum Gasteiger partial charge on any atom is -0.454 e. The highest BCUT2D eigenvalue weighted by Crippen LogP contribution is 2.33. The van der Waals surface area contributed by atoms with Crippen LogP contribution in [0.4, 0.5) is 0 Å². The topological polar surface area (TPSA) is 100 Å². The SMILES string of the molecule is Cc1[nH]cnc1CSCCNC1NCC(Cc2ccc3c(c2)OCO3)C(=O)N1.Cl.Cl. The summed E-state index contributed by atoms with van der Waals surface area (Å²) < 4.78 is 10.7.